The van der Waals surface area contributed by atoms with Crippen molar-refractivity contribution >= 4 is 21.0 Å². The lowest BCUT2D eigenvalue weighted by Gasteiger charge is -2.20. The third kappa shape index (κ3) is 2.06. The molecule has 0 aliphatic carbocycles. The molecule has 0 aliphatic rings. The molecular weight excluding hydrogens is 227 g/mol. The van der Waals surface area contributed by atoms with Gasteiger partial charge in [-0.05, 0) is 6.66 Å². The van der Waals surface area contributed by atoms with Gasteiger partial charge < -0.3 is 19.6 Å². The van der Waals surface area contributed by atoms with Crippen molar-refractivity contribution in [3.8, 4) is 0 Å². The molecule has 74 valence electrons. The van der Waals surface area contributed by atoms with Gasteiger partial charge in [0, 0.05) is 7.05 Å². The van der Waals surface area contributed by atoms with Gasteiger partial charge in [0.1, 0.15) is 0 Å². The van der Waals surface area contributed by atoms with Crippen LogP contribution < -0.4 is 0 Å². The van der Waals surface area contributed by atoms with Crippen molar-refractivity contribution in [1.29, 1.82) is 0 Å². The molecule has 0 spiro atoms. The molecule has 0 saturated carbocycles. The van der Waals surface area contributed by atoms with Crippen LogP contribution in [0.1, 0.15) is 0 Å². The Bertz CT molecular complexity index is 283. The van der Waals surface area contributed by atoms with Gasteiger partial charge >= 0.3 is 14.6 Å². The van der Waals surface area contributed by atoms with Crippen molar-refractivity contribution in [3.63, 3.8) is 0 Å². The first-order valence-electron chi connectivity index (χ1n) is 2.66. The molecule has 0 aromatic heterocycles. The Kier molecular flexibility index (Phi) is 3.50. The average Bonchev–Trinajstić information content (AvgIpc) is 1.81. The fourth-order valence-corrected chi connectivity index (χ4v) is 6.20. The van der Waals surface area contributed by atoms with Gasteiger partial charge in [-0.2, -0.15) is 0 Å². The predicted octanol–water partition coefficient (Wildman–Crippen LogP) is 0.633. The lowest BCUT2D eigenvalue weighted by molar-refractivity contribution is 0.388. The Morgan fingerprint density at radius 3 is 1.25 bits per heavy atom. The number of nitrogens with zero attached hydrogens (tertiary/aromatic N) is 1. The van der Waals surface area contributed by atoms with E-state index in [2.05, 4.69) is 4.74 Å². The van der Waals surface area contributed by atoms with E-state index in [1.54, 1.807) is 0 Å². The zero-order valence-electron chi connectivity index (χ0n) is 6.39. The standard InChI is InChI=1S/C2H10NO6P3/c1-3-10(2,11(4,5)6)12(7,8)9/h1-2H3,(H2,4,5,6)(H2,7,8,9). The molecule has 0 rings (SSSR count). The molecule has 0 amide bonds. The van der Waals surface area contributed by atoms with Crippen LogP contribution in [-0.2, 0) is 9.13 Å². The van der Waals surface area contributed by atoms with Crippen LogP contribution in [-0.4, -0.2) is 33.3 Å². The summed E-state index contributed by atoms with van der Waals surface area (Å²) in [6.45, 7) is 0.828. The van der Waals surface area contributed by atoms with Crippen molar-refractivity contribution in [2.24, 2.45) is 4.74 Å². The maximum absolute atomic E-state index is 10.7. The molecule has 0 aliphatic heterocycles. The van der Waals surface area contributed by atoms with Crippen LogP contribution in [0.5, 0.6) is 0 Å². The van der Waals surface area contributed by atoms with Crippen molar-refractivity contribution < 1.29 is 28.7 Å². The van der Waals surface area contributed by atoms with E-state index in [4.69, 9.17) is 19.6 Å². The second kappa shape index (κ2) is 3.35. The quantitative estimate of drug-likeness (QED) is 0.521. The summed E-state index contributed by atoms with van der Waals surface area (Å²) in [4.78, 5) is 34.6. The minimum absolute atomic E-state index is 0.828. The van der Waals surface area contributed by atoms with Crippen LogP contribution in [0.3, 0.4) is 0 Å². The van der Waals surface area contributed by atoms with Crippen LogP contribution >= 0.6 is 21.0 Å². The monoisotopic (exact) mass is 237 g/mol. The van der Waals surface area contributed by atoms with Gasteiger partial charge in [-0.25, -0.2) is 0 Å². The van der Waals surface area contributed by atoms with Crippen molar-refractivity contribution in [1.82, 2.24) is 0 Å². The molecule has 0 saturated heterocycles. The molecule has 12 heavy (non-hydrogen) atoms. The molecule has 0 fully saturated rings. The molecule has 0 aromatic rings. The molecule has 10 heteroatoms. The summed E-state index contributed by atoms with van der Waals surface area (Å²) in [5.41, 5.74) is 0. The van der Waals surface area contributed by atoms with Crippen LogP contribution in [0.15, 0.2) is 4.74 Å². The summed E-state index contributed by atoms with van der Waals surface area (Å²) in [6.07, 6.45) is -3.86. The summed E-state index contributed by atoms with van der Waals surface area (Å²) >= 11 is 0. The topological polar surface area (TPSA) is 127 Å². The summed E-state index contributed by atoms with van der Waals surface area (Å²) in [5.74, 6) is 0. The molecule has 0 atom stereocenters. The van der Waals surface area contributed by atoms with E-state index in [9.17, 15) is 9.13 Å². The molecule has 0 bridgehead atoms. The Morgan fingerprint density at radius 2 is 1.25 bits per heavy atom. The minimum atomic E-state index is -4.83. The second-order valence-electron chi connectivity index (χ2n) is 2.09. The van der Waals surface area contributed by atoms with E-state index < -0.39 is 21.0 Å². The van der Waals surface area contributed by atoms with E-state index in [1.807, 2.05) is 0 Å². The highest BCUT2D eigenvalue weighted by Gasteiger charge is 2.48. The first-order valence-corrected chi connectivity index (χ1v) is 9.48. The highest BCUT2D eigenvalue weighted by atomic mass is 32.5. The van der Waals surface area contributed by atoms with E-state index >= 15 is 0 Å². The zero-order valence-corrected chi connectivity index (χ0v) is 9.08. The maximum atomic E-state index is 10.7. The first kappa shape index (κ1) is 12.5. The zero-order chi connectivity index (χ0) is 10.2. The van der Waals surface area contributed by atoms with E-state index in [0.717, 1.165) is 13.7 Å². The summed E-state index contributed by atoms with van der Waals surface area (Å²) in [7, 11) is -8.66. The molecular formula is C2H10NO6P3. The summed E-state index contributed by atoms with van der Waals surface area (Å²) < 4.78 is 24.5. The van der Waals surface area contributed by atoms with Gasteiger partial charge in [0.15, 0.2) is 6.43 Å². The van der Waals surface area contributed by atoms with Gasteiger partial charge in [0.25, 0.3) is 0 Å². The third-order valence-electron chi connectivity index (χ3n) is 1.37. The Balaban J connectivity index is 5.61. The largest absolute Gasteiger partial charge is 0.371 e. The Labute approximate surface area is 69.0 Å². The van der Waals surface area contributed by atoms with Gasteiger partial charge in [-0.15, -0.1) is 0 Å². The molecule has 0 aromatic carbocycles. The smallest absolute Gasteiger partial charge is 0.320 e. The lowest BCUT2D eigenvalue weighted by Crippen LogP contribution is -1.85. The fraction of sp³-hybridized carbons (Fsp3) is 1.00. The highest BCUT2D eigenvalue weighted by molar-refractivity contribution is 8.62. The normalized spacial score (nSPS) is 14.5. The van der Waals surface area contributed by atoms with Crippen molar-refractivity contribution in [2.45, 2.75) is 0 Å². The van der Waals surface area contributed by atoms with Crippen LogP contribution in [0.25, 0.3) is 0 Å². The molecule has 4 N–H and O–H groups in total. The van der Waals surface area contributed by atoms with Crippen LogP contribution in [0, 0.1) is 0 Å². The van der Waals surface area contributed by atoms with Gasteiger partial charge in [-0.3, -0.25) is 13.9 Å². The molecule has 0 unspecified atom stereocenters. The second-order valence-corrected chi connectivity index (χ2v) is 15.0. The number of rotatable bonds is 2. The predicted molar refractivity (Wildman–Crippen MR) is 45.3 cm³/mol. The van der Waals surface area contributed by atoms with E-state index in [-0.39, 0.29) is 0 Å². The van der Waals surface area contributed by atoms with E-state index in [1.165, 1.54) is 0 Å². The fourth-order valence-electron chi connectivity index (χ4n) is 0.385. The highest BCUT2D eigenvalue weighted by Crippen LogP contribution is 2.94. The SMILES string of the molecule is CN=P(C)(P(=O)(O)O)P(=O)(O)O. The van der Waals surface area contributed by atoms with Crippen LogP contribution in [0.4, 0.5) is 0 Å². The van der Waals surface area contributed by atoms with Gasteiger partial charge in [0.05, 0.1) is 0 Å². The van der Waals surface area contributed by atoms with Gasteiger partial charge in [-0.1, -0.05) is 0 Å². The number of hydrogen-bond acceptors (Lipinski definition) is 3. The average molecular weight is 237 g/mol. The summed E-state index contributed by atoms with van der Waals surface area (Å²) in [6, 6.07) is 0. The number of hydrogen-bond donors (Lipinski definition) is 4. The van der Waals surface area contributed by atoms with Crippen molar-refractivity contribution in [3.05, 3.63) is 0 Å². The van der Waals surface area contributed by atoms with Gasteiger partial charge in [0.2, 0.25) is 0 Å². The Morgan fingerprint density at radius 1 is 1.00 bits per heavy atom. The molecule has 0 heterocycles. The Hall–Kier alpha value is 0.530. The van der Waals surface area contributed by atoms with Crippen molar-refractivity contribution in [2.75, 3.05) is 13.7 Å². The minimum Gasteiger partial charge on any atom is -0.320 e. The molecule has 0 radical (unpaired) electrons. The first-order chi connectivity index (χ1) is 5.06. The third-order valence-corrected chi connectivity index (χ3v) is 15.3. The van der Waals surface area contributed by atoms with Crippen LogP contribution in [0.2, 0.25) is 0 Å². The maximum Gasteiger partial charge on any atom is 0.371 e. The van der Waals surface area contributed by atoms with E-state index in [0.29, 0.717) is 0 Å². The molecule has 7 nitrogen and oxygen atoms in total. The lowest BCUT2D eigenvalue weighted by atomic mass is 11.6. The summed E-state index contributed by atoms with van der Waals surface area (Å²) in [5, 5.41) is 0.